The van der Waals surface area contributed by atoms with Crippen LogP contribution in [0.25, 0.3) is 43.8 Å². The van der Waals surface area contributed by atoms with E-state index in [4.69, 9.17) is 0 Å². The first-order valence-corrected chi connectivity index (χ1v) is 24.6. The van der Waals surface area contributed by atoms with E-state index in [-0.39, 0.29) is 10.8 Å². The molecule has 0 radical (unpaired) electrons. The average Bonchev–Trinajstić information content (AvgIpc) is 3.81. The van der Waals surface area contributed by atoms with Gasteiger partial charge in [-0.3, -0.25) is 0 Å². The van der Waals surface area contributed by atoms with E-state index in [2.05, 4.69) is 271 Å². The van der Waals surface area contributed by atoms with Crippen LogP contribution in [0, 0.1) is 13.8 Å². The molecule has 2 aliphatic rings. The van der Waals surface area contributed by atoms with Crippen LogP contribution in [-0.4, -0.2) is 0 Å². The van der Waals surface area contributed by atoms with Gasteiger partial charge in [0.15, 0.2) is 0 Å². The zero-order chi connectivity index (χ0) is 47.4. The topological polar surface area (TPSA) is 6.48 Å². The quantitative estimate of drug-likeness (QED) is 0.164. The third-order valence-corrected chi connectivity index (χ3v) is 15.0. The lowest BCUT2D eigenvalue weighted by atomic mass is 9.68. The van der Waals surface area contributed by atoms with E-state index in [1.165, 1.54) is 88.3 Å². The van der Waals surface area contributed by atoms with Gasteiger partial charge in [0.1, 0.15) is 0 Å². The summed E-state index contributed by atoms with van der Waals surface area (Å²) in [6, 6.07) is 78.1. The van der Waals surface area contributed by atoms with Crippen molar-refractivity contribution in [3.05, 3.63) is 251 Å². The average molecular weight is 891 g/mol. The number of hydrogen-bond donors (Lipinski definition) is 0. The van der Waals surface area contributed by atoms with Crippen LogP contribution in [0.1, 0.15) is 86.1 Å². The van der Waals surface area contributed by atoms with Crippen molar-refractivity contribution in [2.75, 3.05) is 9.80 Å². The van der Waals surface area contributed by atoms with Gasteiger partial charge in [-0.15, -0.1) is 0 Å². The second kappa shape index (κ2) is 15.7. The molecule has 0 atom stereocenters. The van der Waals surface area contributed by atoms with Crippen LogP contribution < -0.4 is 9.80 Å². The third kappa shape index (κ3) is 6.75. The number of hydrogen-bond acceptors (Lipinski definition) is 2. The first-order chi connectivity index (χ1) is 33.3. The fraction of sp³-hybridized carbons (Fsp3) is 0.164. The summed E-state index contributed by atoms with van der Waals surface area (Å²) in [5.74, 6) is 0. The number of fused-ring (bicyclic) bond motifs is 14. The monoisotopic (exact) mass is 890 g/mol. The number of rotatable bonds is 6. The minimum Gasteiger partial charge on any atom is -0.310 e. The first-order valence-electron chi connectivity index (χ1n) is 24.6. The van der Waals surface area contributed by atoms with E-state index in [1.807, 2.05) is 0 Å². The number of para-hydroxylation sites is 2. The first kappa shape index (κ1) is 42.7. The maximum absolute atomic E-state index is 2.53. The Kier molecular flexibility index (Phi) is 9.70. The van der Waals surface area contributed by atoms with E-state index >= 15 is 0 Å². The van der Waals surface area contributed by atoms with E-state index in [0.717, 1.165) is 34.1 Å². The van der Waals surface area contributed by atoms with E-state index in [1.54, 1.807) is 0 Å². The molecular weight excluding hydrogens is 833 g/mol. The number of benzene rings is 10. The SMILES string of the molecule is Cc1cccc(N(c2ccccc2)c2ccc3c4c(ccc3c2)-c2ccc3cc(N(c5ccccc5)c5cccc(C)c5)ccc3c2C42c3ccc(C(C)(C)C)cc3-c3cc(C(C)(C)C)ccc32)c1. The highest BCUT2D eigenvalue weighted by molar-refractivity contribution is 6.10. The third-order valence-electron chi connectivity index (χ3n) is 15.0. The van der Waals surface area contributed by atoms with Crippen LogP contribution >= 0.6 is 0 Å². The second-order valence-corrected chi connectivity index (χ2v) is 21.6. The molecule has 10 aromatic rings. The van der Waals surface area contributed by atoms with Gasteiger partial charge >= 0.3 is 0 Å². The van der Waals surface area contributed by atoms with Gasteiger partial charge in [0, 0.05) is 34.1 Å². The van der Waals surface area contributed by atoms with Gasteiger partial charge in [0.2, 0.25) is 0 Å². The van der Waals surface area contributed by atoms with Crippen LogP contribution in [0.15, 0.2) is 206 Å². The maximum atomic E-state index is 2.53. The summed E-state index contributed by atoms with van der Waals surface area (Å²) in [5.41, 5.74) is 22.1. The molecule has 0 aliphatic heterocycles. The molecule has 2 aliphatic carbocycles. The minimum atomic E-state index is -0.588. The summed E-state index contributed by atoms with van der Waals surface area (Å²) in [4.78, 5) is 4.79. The minimum absolute atomic E-state index is 0.0197. The van der Waals surface area contributed by atoms with Crippen molar-refractivity contribution in [2.24, 2.45) is 0 Å². The van der Waals surface area contributed by atoms with Crippen molar-refractivity contribution in [3.63, 3.8) is 0 Å². The predicted molar refractivity (Wildman–Crippen MR) is 294 cm³/mol. The van der Waals surface area contributed by atoms with E-state index in [0.29, 0.717) is 0 Å². The highest BCUT2D eigenvalue weighted by Gasteiger charge is 2.53. The van der Waals surface area contributed by atoms with Crippen LogP contribution in [0.5, 0.6) is 0 Å². The van der Waals surface area contributed by atoms with Crippen molar-refractivity contribution in [2.45, 2.75) is 71.6 Å². The Bertz CT molecular complexity index is 3420. The Morgan fingerprint density at radius 3 is 1.10 bits per heavy atom. The Balaban J connectivity index is 1.16. The summed E-state index contributed by atoms with van der Waals surface area (Å²) < 4.78 is 0. The summed E-state index contributed by atoms with van der Waals surface area (Å²) in [6.45, 7) is 18.4. The smallest absolute Gasteiger partial charge is 0.0737 e. The second-order valence-electron chi connectivity index (χ2n) is 21.6. The Morgan fingerprint density at radius 1 is 0.319 bits per heavy atom. The largest absolute Gasteiger partial charge is 0.310 e. The maximum Gasteiger partial charge on any atom is 0.0737 e. The molecule has 0 fully saturated rings. The molecular formula is C67H58N2. The van der Waals surface area contributed by atoms with Crippen molar-refractivity contribution < 1.29 is 0 Å². The zero-order valence-corrected chi connectivity index (χ0v) is 41.0. The molecule has 0 bridgehead atoms. The molecule has 2 heteroatoms. The van der Waals surface area contributed by atoms with Gasteiger partial charge < -0.3 is 9.80 Å². The van der Waals surface area contributed by atoms with Crippen LogP contribution in [0.4, 0.5) is 34.1 Å². The van der Waals surface area contributed by atoms with Crippen LogP contribution in [-0.2, 0) is 16.2 Å². The van der Waals surface area contributed by atoms with Gasteiger partial charge in [-0.2, -0.15) is 0 Å². The lowest BCUT2D eigenvalue weighted by Gasteiger charge is -2.33. The standard InChI is InChI=1S/C67H58N2/c1-43-17-15-23-51(37-43)68(49-19-11-9-12-20-49)53-29-33-55-45(39-53)25-31-57-58-32-26-46-40-54(69(50-21-13-10-14-22-50)52-24-16-18-44(2)38-52)30-34-56(46)64(58)67(63(55)57)61-35-27-47(65(3,4)5)41-59(61)60-42-48(66(6,7)8)28-36-62(60)67/h9-42H,1-8H3. The molecule has 336 valence electrons. The molecule has 0 saturated heterocycles. The lowest BCUT2D eigenvalue weighted by Crippen LogP contribution is -2.27. The molecule has 10 aromatic carbocycles. The molecule has 1 spiro atoms. The molecule has 0 unspecified atom stereocenters. The molecule has 2 nitrogen and oxygen atoms in total. The highest BCUT2D eigenvalue weighted by atomic mass is 15.1. The van der Waals surface area contributed by atoms with Crippen molar-refractivity contribution in [3.8, 4) is 22.3 Å². The Labute approximate surface area is 408 Å². The molecule has 0 aromatic heterocycles. The summed E-state index contributed by atoms with van der Waals surface area (Å²) in [6.07, 6.45) is 0. The molecule has 0 amide bonds. The number of nitrogens with zero attached hydrogens (tertiary/aromatic N) is 2. The summed E-state index contributed by atoms with van der Waals surface area (Å²) >= 11 is 0. The van der Waals surface area contributed by atoms with Crippen molar-refractivity contribution >= 4 is 55.7 Å². The number of anilines is 6. The Morgan fingerprint density at radius 2 is 0.710 bits per heavy atom. The van der Waals surface area contributed by atoms with Gasteiger partial charge in [-0.05, 0) is 186 Å². The molecule has 12 rings (SSSR count). The van der Waals surface area contributed by atoms with E-state index < -0.39 is 5.41 Å². The summed E-state index contributed by atoms with van der Waals surface area (Å²) in [5, 5.41) is 5.01. The fourth-order valence-corrected chi connectivity index (χ4v) is 11.7. The highest BCUT2D eigenvalue weighted by Crippen LogP contribution is 2.66. The van der Waals surface area contributed by atoms with Gasteiger partial charge in [-0.1, -0.05) is 175 Å². The van der Waals surface area contributed by atoms with Gasteiger partial charge in [0.05, 0.1) is 5.41 Å². The van der Waals surface area contributed by atoms with E-state index in [9.17, 15) is 0 Å². The van der Waals surface area contributed by atoms with Crippen LogP contribution in [0.3, 0.4) is 0 Å². The van der Waals surface area contributed by atoms with Gasteiger partial charge in [-0.25, -0.2) is 0 Å². The summed E-state index contributed by atoms with van der Waals surface area (Å²) in [7, 11) is 0. The van der Waals surface area contributed by atoms with Crippen molar-refractivity contribution in [1.29, 1.82) is 0 Å². The molecule has 0 N–H and O–H groups in total. The molecule has 69 heavy (non-hydrogen) atoms. The molecule has 0 heterocycles. The van der Waals surface area contributed by atoms with Crippen LogP contribution in [0.2, 0.25) is 0 Å². The molecule has 0 saturated carbocycles. The zero-order valence-electron chi connectivity index (χ0n) is 41.0. The predicted octanol–water partition coefficient (Wildman–Crippen LogP) is 18.5. The van der Waals surface area contributed by atoms with Gasteiger partial charge in [0.25, 0.3) is 0 Å². The number of aryl methyl sites for hydroxylation is 2. The normalized spacial score (nSPS) is 13.3. The fourth-order valence-electron chi connectivity index (χ4n) is 11.7. The van der Waals surface area contributed by atoms with Crippen molar-refractivity contribution in [1.82, 2.24) is 0 Å². The lowest BCUT2D eigenvalue weighted by molar-refractivity contribution is 0.589. The Hall–Kier alpha value is -7.68.